The maximum Gasteiger partial charge on any atom is 2.00 e. The van der Waals surface area contributed by atoms with Crippen LogP contribution in [0.4, 0.5) is 0 Å². The summed E-state index contributed by atoms with van der Waals surface area (Å²) in [6, 6.07) is 0. The van der Waals surface area contributed by atoms with E-state index in [4.69, 9.17) is 30.6 Å². The van der Waals surface area contributed by atoms with Gasteiger partial charge in [-0.25, -0.2) is 0 Å². The van der Waals surface area contributed by atoms with Crippen molar-refractivity contribution in [1.82, 2.24) is 0 Å². The molecule has 0 fully saturated rings. The van der Waals surface area contributed by atoms with Crippen LogP contribution in [0.3, 0.4) is 0 Å². The number of carboxylic acid groups (broad SMARTS) is 2. The van der Waals surface area contributed by atoms with Crippen molar-refractivity contribution < 1.29 is 45.3 Å². The summed E-state index contributed by atoms with van der Waals surface area (Å²) >= 11 is 0. The van der Waals surface area contributed by atoms with E-state index in [0.29, 0.717) is 0 Å². The van der Waals surface area contributed by atoms with Gasteiger partial charge >= 0.3 is 20.4 Å². The van der Waals surface area contributed by atoms with E-state index in [-0.39, 0.29) is 27.0 Å². The molecule has 0 atom stereocenters. The average Bonchev–Trinajstić information content (AvgIpc) is 1.83. The second-order valence-electron chi connectivity index (χ2n) is 3.13. The first-order valence-electron chi connectivity index (χ1n) is 3.77. The summed E-state index contributed by atoms with van der Waals surface area (Å²) < 4.78 is 0. The Kier molecular flexibility index (Phi) is 21.6. The molecule has 0 aliphatic heterocycles. The molecule has 0 rings (SSSR count). The molecule has 0 bridgehead atoms. The van der Waals surface area contributed by atoms with Crippen molar-refractivity contribution in [2.75, 3.05) is 6.61 Å². The number of aliphatic hydroxyl groups excluding tert-OH is 1. The summed E-state index contributed by atoms with van der Waals surface area (Å²) in [5.41, 5.74) is 4.88. The Balaban J connectivity index is -0.0000000606. The van der Waals surface area contributed by atoms with Gasteiger partial charge in [-0.05, 0) is 27.7 Å². The fourth-order valence-electron chi connectivity index (χ4n) is 0. The maximum atomic E-state index is 8.89. The summed E-state index contributed by atoms with van der Waals surface area (Å²) in [6.45, 7) is 5.53. The summed E-state index contributed by atoms with van der Waals surface area (Å²) in [5.74, 6) is -2.17. The first kappa shape index (κ1) is 24.0. The summed E-state index contributed by atoms with van der Waals surface area (Å²) in [4.78, 5) is 17.8. The van der Waals surface area contributed by atoms with Gasteiger partial charge in [0.1, 0.15) is 0 Å². The van der Waals surface area contributed by atoms with E-state index in [1.165, 1.54) is 0 Å². The van der Waals surface area contributed by atoms with Crippen molar-refractivity contribution in [2.45, 2.75) is 33.2 Å². The fourth-order valence-corrected chi connectivity index (χ4v) is 0. The number of aliphatic hydroxyl groups is 1. The van der Waals surface area contributed by atoms with Gasteiger partial charge in [-0.1, -0.05) is 0 Å². The third-order valence-electron chi connectivity index (χ3n) is 0.408. The predicted octanol–water partition coefficient (Wildman–Crippen LogP) is -2.77. The number of carboxylic acids is 2. The molecule has 0 radical (unpaired) electrons. The fraction of sp³-hybridized carbons (Fsp3) is 0.750. The molecular formula is C8H17NO5Pd. The first-order chi connectivity index (χ1) is 6.02. The van der Waals surface area contributed by atoms with Crippen molar-refractivity contribution in [2.24, 2.45) is 5.73 Å². The van der Waals surface area contributed by atoms with E-state index in [9.17, 15) is 0 Å². The normalized spacial score (nSPS) is 8.13. The Labute approximate surface area is 103 Å². The molecule has 94 valence electrons. The number of hydrogen-bond donors (Lipinski definition) is 2. The van der Waals surface area contributed by atoms with E-state index in [1.54, 1.807) is 13.8 Å². The van der Waals surface area contributed by atoms with Crippen LogP contribution < -0.4 is 15.9 Å². The number of nitrogens with two attached hydrogens (primary N) is 1. The van der Waals surface area contributed by atoms with Crippen molar-refractivity contribution >= 4 is 11.9 Å². The van der Waals surface area contributed by atoms with Crippen molar-refractivity contribution in [1.29, 1.82) is 0 Å². The molecule has 0 spiro atoms. The quantitative estimate of drug-likeness (QED) is 0.504. The predicted molar refractivity (Wildman–Crippen MR) is 46.7 cm³/mol. The molecule has 3 N–H and O–H groups in total. The van der Waals surface area contributed by atoms with Gasteiger partial charge in [-0.15, -0.1) is 0 Å². The maximum absolute atomic E-state index is 8.89. The number of aliphatic carboxylic acids is 2. The summed E-state index contributed by atoms with van der Waals surface area (Å²) in [7, 11) is 0. The van der Waals surface area contributed by atoms with Gasteiger partial charge in [0.05, 0.1) is 6.61 Å². The van der Waals surface area contributed by atoms with Crippen molar-refractivity contribution in [3.63, 3.8) is 0 Å². The van der Waals surface area contributed by atoms with Crippen LogP contribution in [0.2, 0.25) is 0 Å². The topological polar surface area (TPSA) is 127 Å². The van der Waals surface area contributed by atoms with Crippen LogP contribution in [0.15, 0.2) is 0 Å². The smallest absolute Gasteiger partial charge is 0.550 e. The van der Waals surface area contributed by atoms with Gasteiger partial charge in [0.25, 0.3) is 0 Å². The van der Waals surface area contributed by atoms with Gasteiger partial charge in [-0.2, -0.15) is 0 Å². The minimum atomic E-state index is -1.08. The molecule has 6 nitrogen and oxygen atoms in total. The van der Waals surface area contributed by atoms with E-state index in [0.717, 1.165) is 13.8 Å². The molecule has 7 heteroatoms. The standard InChI is InChI=1S/C4H11NO.2C2H4O2.Pd/c1-4(2,5)3-6;2*1-2(3)4;/h6H,3,5H2,1-2H3;2*1H3,(H,3,4);/q;;;+2/p-2. The molecular weight excluding hydrogens is 297 g/mol. The van der Waals surface area contributed by atoms with Gasteiger partial charge < -0.3 is 30.6 Å². The Morgan fingerprint density at radius 1 is 1.20 bits per heavy atom. The monoisotopic (exact) mass is 313 g/mol. The van der Waals surface area contributed by atoms with Crippen molar-refractivity contribution in [3.8, 4) is 0 Å². The largest absolute Gasteiger partial charge is 2.00 e. The molecule has 0 aliphatic carbocycles. The Hall–Kier alpha value is -0.478. The van der Waals surface area contributed by atoms with E-state index < -0.39 is 17.5 Å². The molecule has 15 heavy (non-hydrogen) atoms. The minimum absolute atomic E-state index is 0. The van der Waals surface area contributed by atoms with E-state index in [2.05, 4.69) is 0 Å². The second kappa shape index (κ2) is 13.5. The Morgan fingerprint density at radius 2 is 1.27 bits per heavy atom. The zero-order valence-corrected chi connectivity index (χ0v) is 10.7. The molecule has 0 amide bonds. The molecule has 0 heterocycles. The van der Waals surface area contributed by atoms with Crippen molar-refractivity contribution in [3.05, 3.63) is 0 Å². The number of carbonyl (C=O) groups excluding carboxylic acids is 2. The van der Waals surface area contributed by atoms with Crippen LogP contribution >= 0.6 is 0 Å². The minimum Gasteiger partial charge on any atom is -0.550 e. The van der Waals surface area contributed by atoms with Crippen LogP contribution in [0, 0.1) is 0 Å². The van der Waals surface area contributed by atoms with Crippen LogP contribution in [-0.4, -0.2) is 29.2 Å². The molecule has 0 aromatic rings. The van der Waals surface area contributed by atoms with Crippen LogP contribution in [0.25, 0.3) is 0 Å². The number of rotatable bonds is 1. The molecule has 0 unspecified atom stereocenters. The molecule has 0 saturated carbocycles. The van der Waals surface area contributed by atoms with Gasteiger partial charge in [0.15, 0.2) is 0 Å². The molecule has 0 aromatic heterocycles. The van der Waals surface area contributed by atoms with Gasteiger partial charge in [0.2, 0.25) is 0 Å². The van der Waals surface area contributed by atoms with Gasteiger partial charge in [-0.3, -0.25) is 0 Å². The Morgan fingerprint density at radius 3 is 1.27 bits per heavy atom. The first-order valence-corrected chi connectivity index (χ1v) is 3.77. The molecule has 0 aliphatic rings. The number of hydrogen-bond acceptors (Lipinski definition) is 6. The number of carbonyl (C=O) groups is 2. The van der Waals surface area contributed by atoms with E-state index >= 15 is 0 Å². The zero-order valence-electron chi connectivity index (χ0n) is 9.18. The average molecular weight is 314 g/mol. The SMILES string of the molecule is CC(=O)[O-].CC(=O)[O-].CC(C)(N)CO.[Pd+2]. The van der Waals surface area contributed by atoms with Gasteiger partial charge in [0, 0.05) is 17.5 Å². The van der Waals surface area contributed by atoms with Crippen LogP contribution in [0.1, 0.15) is 27.7 Å². The van der Waals surface area contributed by atoms with E-state index in [1.807, 2.05) is 0 Å². The Bertz CT molecular complexity index is 147. The molecule has 0 aromatic carbocycles. The summed E-state index contributed by atoms with van der Waals surface area (Å²) in [5, 5.41) is 26.1. The van der Waals surface area contributed by atoms with Crippen LogP contribution in [0.5, 0.6) is 0 Å². The third kappa shape index (κ3) is 282. The summed E-state index contributed by atoms with van der Waals surface area (Å²) in [6.07, 6.45) is 0. The third-order valence-corrected chi connectivity index (χ3v) is 0.408. The second-order valence-corrected chi connectivity index (χ2v) is 3.13. The zero-order chi connectivity index (χ0) is 12.4. The van der Waals surface area contributed by atoms with Crippen LogP contribution in [-0.2, 0) is 30.0 Å². The molecule has 0 saturated heterocycles.